The molecule has 0 atom stereocenters. The van der Waals surface area contributed by atoms with Gasteiger partial charge in [0.2, 0.25) is 0 Å². The van der Waals surface area contributed by atoms with Gasteiger partial charge in [-0.2, -0.15) is 5.10 Å². The molecule has 0 fully saturated rings. The topological polar surface area (TPSA) is 100 Å². The van der Waals surface area contributed by atoms with E-state index in [0.29, 0.717) is 12.1 Å². The fourth-order valence-electron chi connectivity index (χ4n) is 2.11. The summed E-state index contributed by atoms with van der Waals surface area (Å²) >= 11 is 1.42. The quantitative estimate of drug-likeness (QED) is 0.401. The molecule has 0 aliphatic heterocycles. The summed E-state index contributed by atoms with van der Waals surface area (Å²) in [7, 11) is 1.33. The number of nitrogens with zero attached hydrogens (tertiary/aromatic N) is 4. The van der Waals surface area contributed by atoms with Gasteiger partial charge in [-0.3, -0.25) is 14.8 Å². The van der Waals surface area contributed by atoms with E-state index in [-0.39, 0.29) is 5.69 Å². The smallest absolute Gasteiger partial charge is 0.337 e. The number of methoxy groups -OCH3 is 1. The number of thiazole rings is 1. The first-order valence-corrected chi connectivity index (χ1v) is 7.75. The van der Waals surface area contributed by atoms with Gasteiger partial charge in [-0.25, -0.2) is 9.78 Å². The Balaban J connectivity index is 1.80. The molecule has 0 radical (unpaired) electrons. The number of rotatable bonds is 5. The Kier molecular flexibility index (Phi) is 4.34. The summed E-state index contributed by atoms with van der Waals surface area (Å²) in [5.41, 5.74) is 1.93. The Morgan fingerprint density at radius 1 is 1.46 bits per heavy atom. The Bertz CT molecular complexity index is 902. The van der Waals surface area contributed by atoms with E-state index in [1.165, 1.54) is 35.5 Å². The maximum absolute atomic E-state index is 11.6. The lowest BCUT2D eigenvalue weighted by Crippen LogP contribution is -2.01. The molecule has 3 aromatic rings. The van der Waals surface area contributed by atoms with Crippen molar-refractivity contribution in [3.63, 3.8) is 0 Å². The molecule has 24 heavy (non-hydrogen) atoms. The molecule has 0 bridgehead atoms. The number of ether oxygens (including phenoxy) is 1. The third-order valence-corrected chi connectivity index (χ3v) is 4.18. The Hall–Kier alpha value is -3.07. The van der Waals surface area contributed by atoms with E-state index in [0.717, 1.165) is 16.3 Å². The number of nitro groups is 1. The lowest BCUT2D eigenvalue weighted by Gasteiger charge is -2.01. The van der Waals surface area contributed by atoms with Crippen molar-refractivity contribution in [2.75, 3.05) is 7.11 Å². The van der Waals surface area contributed by atoms with Crippen LogP contribution in [0.4, 0.5) is 5.69 Å². The molecule has 9 heteroatoms. The van der Waals surface area contributed by atoms with Gasteiger partial charge in [-0.15, -0.1) is 11.3 Å². The Labute approximate surface area is 140 Å². The lowest BCUT2D eigenvalue weighted by molar-refractivity contribution is -0.385. The SMILES string of the molecule is COC(=O)c1cccc(-c2nc(Cn3cc([N+](=O)[O-])cn3)cs2)c1. The second-order valence-electron chi connectivity index (χ2n) is 4.87. The molecular weight excluding hydrogens is 332 g/mol. The highest BCUT2D eigenvalue weighted by Crippen LogP contribution is 2.25. The van der Waals surface area contributed by atoms with E-state index in [4.69, 9.17) is 4.74 Å². The summed E-state index contributed by atoms with van der Waals surface area (Å²) in [6.07, 6.45) is 2.56. The zero-order chi connectivity index (χ0) is 17.1. The minimum atomic E-state index is -0.492. The predicted octanol–water partition coefficient (Wildman–Crippen LogP) is 2.75. The van der Waals surface area contributed by atoms with Crippen molar-refractivity contribution in [3.8, 4) is 10.6 Å². The van der Waals surface area contributed by atoms with Crippen LogP contribution in [0.2, 0.25) is 0 Å². The van der Waals surface area contributed by atoms with Crippen molar-refractivity contribution in [2.24, 2.45) is 0 Å². The van der Waals surface area contributed by atoms with E-state index < -0.39 is 10.9 Å². The number of benzene rings is 1. The number of hydrogen-bond acceptors (Lipinski definition) is 7. The van der Waals surface area contributed by atoms with Crippen LogP contribution in [0.15, 0.2) is 42.0 Å². The second kappa shape index (κ2) is 6.59. The zero-order valence-electron chi connectivity index (χ0n) is 12.6. The van der Waals surface area contributed by atoms with Gasteiger partial charge < -0.3 is 4.74 Å². The third kappa shape index (κ3) is 3.30. The van der Waals surface area contributed by atoms with Crippen LogP contribution in [0.25, 0.3) is 10.6 Å². The van der Waals surface area contributed by atoms with E-state index in [9.17, 15) is 14.9 Å². The van der Waals surface area contributed by atoms with Gasteiger partial charge in [-0.05, 0) is 12.1 Å². The number of carbonyl (C=O) groups is 1. The largest absolute Gasteiger partial charge is 0.465 e. The maximum atomic E-state index is 11.6. The molecule has 122 valence electrons. The van der Waals surface area contributed by atoms with Crippen LogP contribution in [0.1, 0.15) is 16.1 Å². The molecule has 1 aromatic carbocycles. The molecule has 0 unspecified atom stereocenters. The highest BCUT2D eigenvalue weighted by Gasteiger charge is 2.12. The first-order chi connectivity index (χ1) is 11.6. The van der Waals surface area contributed by atoms with E-state index in [1.54, 1.807) is 18.2 Å². The number of hydrogen-bond donors (Lipinski definition) is 0. The average Bonchev–Trinajstić information content (AvgIpc) is 3.24. The van der Waals surface area contributed by atoms with Gasteiger partial charge in [-0.1, -0.05) is 12.1 Å². The van der Waals surface area contributed by atoms with Crippen LogP contribution >= 0.6 is 11.3 Å². The fraction of sp³-hybridized carbons (Fsp3) is 0.133. The van der Waals surface area contributed by atoms with Crippen LogP contribution in [-0.4, -0.2) is 32.8 Å². The number of aromatic nitrogens is 3. The summed E-state index contributed by atoms with van der Waals surface area (Å²) in [5.74, 6) is -0.405. The second-order valence-corrected chi connectivity index (χ2v) is 5.73. The third-order valence-electron chi connectivity index (χ3n) is 3.24. The average molecular weight is 344 g/mol. The number of carbonyl (C=O) groups excluding carboxylic acids is 1. The van der Waals surface area contributed by atoms with Crippen molar-refractivity contribution in [1.82, 2.24) is 14.8 Å². The van der Waals surface area contributed by atoms with Gasteiger partial charge >= 0.3 is 11.7 Å². The van der Waals surface area contributed by atoms with E-state index in [1.807, 2.05) is 11.4 Å². The Morgan fingerprint density at radius 3 is 3.00 bits per heavy atom. The highest BCUT2D eigenvalue weighted by atomic mass is 32.1. The summed E-state index contributed by atoms with van der Waals surface area (Å²) in [6.45, 7) is 0.334. The molecule has 0 aliphatic carbocycles. The number of esters is 1. The van der Waals surface area contributed by atoms with Crippen LogP contribution in [-0.2, 0) is 11.3 Å². The molecule has 0 amide bonds. The minimum absolute atomic E-state index is 0.0590. The van der Waals surface area contributed by atoms with Crippen LogP contribution in [0.5, 0.6) is 0 Å². The molecule has 8 nitrogen and oxygen atoms in total. The monoisotopic (exact) mass is 344 g/mol. The fourth-order valence-corrected chi connectivity index (χ4v) is 2.92. The standard InChI is InChI=1S/C15H12N4O4S/c1-23-15(20)11-4-2-3-10(5-11)14-17-12(9-24-14)7-18-8-13(6-16-18)19(21)22/h2-6,8-9H,7H2,1H3. The van der Waals surface area contributed by atoms with E-state index in [2.05, 4.69) is 10.1 Å². The Morgan fingerprint density at radius 2 is 2.29 bits per heavy atom. The normalized spacial score (nSPS) is 10.5. The van der Waals surface area contributed by atoms with Gasteiger partial charge in [0.05, 0.1) is 29.8 Å². The first-order valence-electron chi connectivity index (χ1n) is 6.87. The molecule has 0 N–H and O–H groups in total. The summed E-state index contributed by atoms with van der Waals surface area (Å²) in [6, 6.07) is 7.01. The molecule has 0 spiro atoms. The zero-order valence-corrected chi connectivity index (χ0v) is 13.4. The molecular formula is C15H12N4O4S. The predicted molar refractivity (Wildman–Crippen MR) is 86.9 cm³/mol. The van der Waals surface area contributed by atoms with Crippen LogP contribution < -0.4 is 0 Å². The van der Waals surface area contributed by atoms with Crippen molar-refractivity contribution in [2.45, 2.75) is 6.54 Å². The van der Waals surface area contributed by atoms with Crippen molar-refractivity contribution in [3.05, 3.63) is 63.4 Å². The summed E-state index contributed by atoms with van der Waals surface area (Å²) < 4.78 is 6.17. The first kappa shape index (κ1) is 15.8. The molecule has 0 saturated carbocycles. The van der Waals surface area contributed by atoms with E-state index >= 15 is 0 Å². The van der Waals surface area contributed by atoms with Gasteiger partial charge in [0.25, 0.3) is 0 Å². The van der Waals surface area contributed by atoms with Gasteiger partial charge in [0.1, 0.15) is 17.4 Å². The molecule has 0 saturated heterocycles. The minimum Gasteiger partial charge on any atom is -0.465 e. The van der Waals surface area contributed by atoms with Crippen molar-refractivity contribution in [1.29, 1.82) is 0 Å². The van der Waals surface area contributed by atoms with Crippen molar-refractivity contribution >= 4 is 23.0 Å². The van der Waals surface area contributed by atoms with Gasteiger partial charge in [0, 0.05) is 10.9 Å². The molecule has 0 aliphatic rings. The summed E-state index contributed by atoms with van der Waals surface area (Å²) in [4.78, 5) is 26.3. The molecule has 2 heterocycles. The molecule has 2 aromatic heterocycles. The van der Waals surface area contributed by atoms with Crippen LogP contribution in [0.3, 0.4) is 0 Å². The maximum Gasteiger partial charge on any atom is 0.337 e. The summed E-state index contributed by atoms with van der Waals surface area (Å²) in [5, 5.41) is 17.2. The molecule has 3 rings (SSSR count). The highest BCUT2D eigenvalue weighted by molar-refractivity contribution is 7.13. The van der Waals surface area contributed by atoms with Crippen LogP contribution in [0, 0.1) is 10.1 Å². The van der Waals surface area contributed by atoms with Crippen molar-refractivity contribution < 1.29 is 14.5 Å². The lowest BCUT2D eigenvalue weighted by atomic mass is 10.1. The van der Waals surface area contributed by atoms with Gasteiger partial charge in [0.15, 0.2) is 0 Å².